The van der Waals surface area contributed by atoms with Gasteiger partial charge in [-0.1, -0.05) is 23.4 Å². The molecule has 0 spiro atoms. The molecule has 0 unspecified atom stereocenters. The number of benzene rings is 1. The molecule has 2 amide bonds. The number of allylic oxidation sites excluding steroid dienone is 1. The lowest BCUT2D eigenvalue weighted by Gasteiger charge is -2.19. The van der Waals surface area contributed by atoms with Crippen LogP contribution in [0.5, 0.6) is 5.75 Å². The second kappa shape index (κ2) is 10.5. The molecule has 2 aliphatic carbocycles. The number of nitrogens with one attached hydrogen (secondary N) is 1. The lowest BCUT2D eigenvalue weighted by Crippen LogP contribution is -2.36. The fourth-order valence-electron chi connectivity index (χ4n) is 3.81. The topological polar surface area (TPSA) is 71.0 Å². The minimum atomic E-state index is -2.89. The first-order chi connectivity index (χ1) is 15.5. The van der Waals surface area contributed by atoms with Crippen molar-refractivity contribution in [1.29, 1.82) is 0 Å². The van der Waals surface area contributed by atoms with Crippen LogP contribution in [-0.2, 0) is 9.59 Å². The van der Waals surface area contributed by atoms with E-state index < -0.39 is 11.9 Å². The van der Waals surface area contributed by atoms with Crippen LogP contribution in [0.1, 0.15) is 51.4 Å². The first-order valence-corrected chi connectivity index (χ1v) is 11.9. The maximum atomic E-state index is 13.1. The van der Waals surface area contributed by atoms with Crippen molar-refractivity contribution in [1.82, 2.24) is 10.2 Å². The van der Waals surface area contributed by atoms with Crippen LogP contribution in [0.15, 0.2) is 40.9 Å². The van der Waals surface area contributed by atoms with Gasteiger partial charge in [0, 0.05) is 19.0 Å². The number of rotatable bonds is 9. The van der Waals surface area contributed by atoms with Crippen molar-refractivity contribution in [3.63, 3.8) is 0 Å². The van der Waals surface area contributed by atoms with Crippen LogP contribution in [0, 0.1) is 0 Å². The summed E-state index contributed by atoms with van der Waals surface area (Å²) in [5.74, 6) is -0.161. The molecule has 1 heterocycles. The quantitative estimate of drug-likeness (QED) is 0.535. The Kier molecular flexibility index (Phi) is 7.44. The number of hydrogen-bond acceptors (Lipinski definition) is 5. The highest BCUT2D eigenvalue weighted by atomic mass is 32.2. The second-order valence-corrected chi connectivity index (χ2v) is 9.44. The third kappa shape index (κ3) is 6.31. The second-order valence-electron chi connectivity index (χ2n) is 8.27. The maximum absolute atomic E-state index is 13.1. The van der Waals surface area contributed by atoms with Gasteiger partial charge in [-0.2, -0.15) is 8.78 Å². The Hall–Kier alpha value is -2.42. The van der Waals surface area contributed by atoms with E-state index in [0.717, 1.165) is 32.1 Å². The molecule has 32 heavy (non-hydrogen) atoms. The van der Waals surface area contributed by atoms with E-state index in [4.69, 9.17) is 0 Å². The Morgan fingerprint density at radius 1 is 1.25 bits per heavy atom. The molecule has 1 aromatic rings. The van der Waals surface area contributed by atoms with E-state index in [1.54, 1.807) is 17.0 Å². The van der Waals surface area contributed by atoms with Gasteiger partial charge in [0.15, 0.2) is 5.17 Å². The highest BCUT2D eigenvalue weighted by Crippen LogP contribution is 2.33. The molecule has 1 saturated heterocycles. The molecule has 2 fully saturated rings. The fraction of sp³-hybridized carbons (Fsp3) is 0.522. The number of ether oxygens (including phenoxy) is 1. The van der Waals surface area contributed by atoms with Gasteiger partial charge in [-0.3, -0.25) is 14.5 Å². The number of amides is 2. The molecule has 9 heteroatoms. The predicted octanol–water partition coefficient (Wildman–Crippen LogP) is 4.78. The van der Waals surface area contributed by atoms with Gasteiger partial charge < -0.3 is 10.1 Å². The van der Waals surface area contributed by atoms with E-state index >= 15 is 0 Å². The summed E-state index contributed by atoms with van der Waals surface area (Å²) in [6.07, 6.45) is 9.68. The lowest BCUT2D eigenvalue weighted by atomic mass is 9.97. The molecule has 172 valence electrons. The first kappa shape index (κ1) is 22.8. The van der Waals surface area contributed by atoms with Gasteiger partial charge in [0.25, 0.3) is 0 Å². The third-order valence-corrected chi connectivity index (χ3v) is 6.84. The van der Waals surface area contributed by atoms with Crippen molar-refractivity contribution in [2.24, 2.45) is 4.99 Å². The smallest absolute Gasteiger partial charge is 0.387 e. The lowest BCUT2D eigenvalue weighted by molar-refractivity contribution is -0.129. The van der Waals surface area contributed by atoms with Crippen LogP contribution in [0.25, 0.3) is 0 Å². The van der Waals surface area contributed by atoms with Gasteiger partial charge in [-0.15, -0.1) is 0 Å². The molecule has 0 radical (unpaired) electrons. The molecule has 1 aromatic carbocycles. The van der Waals surface area contributed by atoms with Crippen LogP contribution in [0.4, 0.5) is 14.5 Å². The maximum Gasteiger partial charge on any atom is 0.387 e. The van der Waals surface area contributed by atoms with Gasteiger partial charge in [0.05, 0.1) is 5.69 Å². The number of nitrogens with zero attached hydrogens (tertiary/aromatic N) is 2. The van der Waals surface area contributed by atoms with Crippen LogP contribution >= 0.6 is 11.8 Å². The Morgan fingerprint density at radius 2 is 2.03 bits per heavy atom. The van der Waals surface area contributed by atoms with Crippen molar-refractivity contribution in [2.75, 3.05) is 6.54 Å². The number of amidine groups is 1. The Bertz CT molecular complexity index is 900. The van der Waals surface area contributed by atoms with Gasteiger partial charge in [-0.05, 0) is 69.2 Å². The molecule has 1 N–H and O–H groups in total. The van der Waals surface area contributed by atoms with E-state index in [0.29, 0.717) is 17.4 Å². The van der Waals surface area contributed by atoms with E-state index in [1.165, 1.54) is 42.3 Å². The summed E-state index contributed by atoms with van der Waals surface area (Å²) in [5.41, 5.74) is 1.89. The molecule has 3 aliphatic rings. The number of carbonyl (C=O) groups is 2. The molecule has 1 aliphatic heterocycles. The largest absolute Gasteiger partial charge is 0.435 e. The molecule has 4 rings (SSSR count). The van der Waals surface area contributed by atoms with Crippen molar-refractivity contribution in [3.8, 4) is 5.75 Å². The number of aliphatic imine (C=N–C) groups is 1. The average Bonchev–Trinajstić information content (AvgIpc) is 3.53. The normalized spacial score (nSPS) is 22.4. The summed E-state index contributed by atoms with van der Waals surface area (Å²) in [5, 5.41) is 2.97. The van der Waals surface area contributed by atoms with Gasteiger partial charge >= 0.3 is 6.61 Å². The van der Waals surface area contributed by atoms with E-state index in [1.807, 2.05) is 0 Å². The monoisotopic (exact) mass is 463 g/mol. The predicted molar refractivity (Wildman–Crippen MR) is 120 cm³/mol. The molecule has 0 bridgehead atoms. The summed E-state index contributed by atoms with van der Waals surface area (Å²) < 4.78 is 29.1. The van der Waals surface area contributed by atoms with E-state index in [-0.39, 0.29) is 30.0 Å². The highest BCUT2D eigenvalue weighted by molar-refractivity contribution is 8.15. The van der Waals surface area contributed by atoms with Crippen LogP contribution in [0.3, 0.4) is 0 Å². The number of carbonyl (C=O) groups excluding carboxylic acids is 2. The average molecular weight is 464 g/mol. The van der Waals surface area contributed by atoms with Gasteiger partial charge in [0.2, 0.25) is 11.8 Å². The minimum Gasteiger partial charge on any atom is -0.435 e. The fourth-order valence-corrected chi connectivity index (χ4v) is 5.00. The molecule has 0 aromatic heterocycles. The SMILES string of the molecule is O=C(C[C@@H]1SC(=Nc2ccc(OC(F)F)cc2)N(CCC2=CCCCC2)C1=O)NC1CC1. The Balaban J connectivity index is 1.47. The van der Waals surface area contributed by atoms with Crippen molar-refractivity contribution >= 4 is 34.4 Å². The molecule has 1 saturated carbocycles. The first-order valence-electron chi connectivity index (χ1n) is 11.1. The summed E-state index contributed by atoms with van der Waals surface area (Å²) in [6, 6.07) is 6.24. The molecule has 1 atom stereocenters. The highest BCUT2D eigenvalue weighted by Gasteiger charge is 2.39. The third-order valence-electron chi connectivity index (χ3n) is 5.66. The number of thioether (sulfide) groups is 1. The standard InChI is InChI=1S/C23H27F2N3O3S/c24-22(25)31-18-10-8-17(9-11-18)27-23-28(13-12-15-4-2-1-3-5-15)21(30)19(32-23)14-20(29)26-16-6-7-16/h4,8-11,16,19,22H,1-3,5-7,12-14H2,(H,26,29)/t19-/m0/s1. The number of halogens is 2. The zero-order valence-corrected chi connectivity index (χ0v) is 18.6. The van der Waals surface area contributed by atoms with Crippen molar-refractivity contribution < 1.29 is 23.1 Å². The molecular weight excluding hydrogens is 436 g/mol. The van der Waals surface area contributed by atoms with Crippen LogP contribution < -0.4 is 10.1 Å². The van der Waals surface area contributed by atoms with Crippen LogP contribution in [0.2, 0.25) is 0 Å². The minimum absolute atomic E-state index is 0.0508. The molecule has 6 nitrogen and oxygen atoms in total. The number of hydrogen-bond donors (Lipinski definition) is 1. The summed E-state index contributed by atoms with van der Waals surface area (Å²) in [7, 11) is 0. The zero-order valence-electron chi connectivity index (χ0n) is 17.8. The summed E-state index contributed by atoms with van der Waals surface area (Å²) in [4.78, 5) is 31.7. The Labute approximate surface area is 190 Å². The van der Waals surface area contributed by atoms with E-state index in [9.17, 15) is 18.4 Å². The van der Waals surface area contributed by atoms with Crippen molar-refractivity contribution in [2.45, 2.75) is 69.3 Å². The van der Waals surface area contributed by atoms with Gasteiger partial charge in [-0.25, -0.2) is 4.99 Å². The molecular formula is C23H27F2N3O3S. The van der Waals surface area contributed by atoms with E-state index in [2.05, 4.69) is 21.1 Å². The van der Waals surface area contributed by atoms with Crippen LogP contribution in [-0.4, -0.2) is 46.3 Å². The number of alkyl halides is 2. The van der Waals surface area contributed by atoms with Gasteiger partial charge in [0.1, 0.15) is 11.0 Å². The Morgan fingerprint density at radius 3 is 2.69 bits per heavy atom. The summed E-state index contributed by atoms with van der Waals surface area (Å²) >= 11 is 1.29. The van der Waals surface area contributed by atoms with Crippen molar-refractivity contribution in [3.05, 3.63) is 35.9 Å². The zero-order chi connectivity index (χ0) is 22.5. The summed E-state index contributed by atoms with van der Waals surface area (Å²) in [6.45, 7) is -2.37.